The molecule has 0 aliphatic heterocycles. The number of aryl methyl sites for hydroxylation is 1. The number of rotatable bonds is 18. The van der Waals surface area contributed by atoms with Crippen molar-refractivity contribution in [1.29, 1.82) is 0 Å². The molecule has 0 radical (unpaired) electrons. The maximum atomic E-state index is 11.9. The number of hydrogen-bond acceptors (Lipinski definition) is 1. The first-order valence-corrected chi connectivity index (χ1v) is 13.0. The molecule has 0 aromatic heterocycles. The van der Waals surface area contributed by atoms with Crippen molar-refractivity contribution in [2.24, 2.45) is 5.73 Å². The Morgan fingerprint density at radius 3 is 1.65 bits per heavy atom. The van der Waals surface area contributed by atoms with Gasteiger partial charge in [-0.25, -0.2) is 0 Å². The van der Waals surface area contributed by atoms with Crippen molar-refractivity contribution < 1.29 is 4.79 Å². The van der Waals surface area contributed by atoms with Gasteiger partial charge in [-0.05, 0) is 35.2 Å². The minimum absolute atomic E-state index is 0.308. The van der Waals surface area contributed by atoms with E-state index < -0.39 is 0 Å². The van der Waals surface area contributed by atoms with Crippen molar-refractivity contribution in [3.63, 3.8) is 0 Å². The Morgan fingerprint density at radius 2 is 1.13 bits per heavy atom. The Bertz CT molecular complexity index is 751. The summed E-state index contributed by atoms with van der Waals surface area (Å²) in [4.78, 5) is 11.9. The second-order valence-electron chi connectivity index (χ2n) is 9.23. The molecule has 0 atom stereocenters. The van der Waals surface area contributed by atoms with Gasteiger partial charge < -0.3 is 5.73 Å². The lowest BCUT2D eigenvalue weighted by atomic mass is 9.94. The molecule has 0 aliphatic rings. The molecule has 0 saturated carbocycles. The molecule has 0 spiro atoms. The molecule has 2 nitrogen and oxygen atoms in total. The Hall–Kier alpha value is -1.83. The van der Waals surface area contributed by atoms with Crippen LogP contribution in [0.4, 0.5) is 0 Å². The van der Waals surface area contributed by atoms with E-state index in [2.05, 4.69) is 19.1 Å². The lowest BCUT2D eigenvalue weighted by molar-refractivity contribution is 0.0999. The zero-order valence-electron chi connectivity index (χ0n) is 20.0. The quantitative estimate of drug-likeness (QED) is 0.239. The van der Waals surface area contributed by atoms with Crippen LogP contribution in [0.2, 0.25) is 0 Å². The Morgan fingerprint density at radius 1 is 0.645 bits per heavy atom. The SMILES string of the molecule is CCCCCCCCCCCCCCCCCCc1c(C(N)=O)ccc2ccccc12. The third-order valence-electron chi connectivity index (χ3n) is 6.59. The molecule has 0 fully saturated rings. The van der Waals surface area contributed by atoms with Crippen LogP contribution in [-0.4, -0.2) is 5.91 Å². The predicted octanol–water partition coefficient (Wildman–Crippen LogP) is 8.74. The molecule has 0 unspecified atom stereocenters. The van der Waals surface area contributed by atoms with E-state index in [-0.39, 0.29) is 5.91 Å². The lowest BCUT2D eigenvalue weighted by Crippen LogP contribution is -2.14. The number of benzene rings is 2. The van der Waals surface area contributed by atoms with Gasteiger partial charge in [-0.3, -0.25) is 4.79 Å². The molecule has 2 N–H and O–H groups in total. The summed E-state index contributed by atoms with van der Waals surface area (Å²) in [5, 5.41) is 2.37. The summed E-state index contributed by atoms with van der Waals surface area (Å²) in [5.41, 5.74) is 7.46. The van der Waals surface area contributed by atoms with E-state index in [0.717, 1.165) is 18.4 Å². The van der Waals surface area contributed by atoms with E-state index in [1.165, 1.54) is 107 Å². The van der Waals surface area contributed by atoms with Crippen LogP contribution >= 0.6 is 0 Å². The fourth-order valence-electron chi connectivity index (χ4n) is 4.69. The fraction of sp³-hybridized carbons (Fsp3) is 0.621. The predicted molar refractivity (Wildman–Crippen MR) is 136 cm³/mol. The van der Waals surface area contributed by atoms with Gasteiger partial charge in [0, 0.05) is 5.56 Å². The number of fused-ring (bicyclic) bond motifs is 1. The van der Waals surface area contributed by atoms with Crippen molar-refractivity contribution in [3.05, 3.63) is 47.5 Å². The molecule has 2 aromatic carbocycles. The first kappa shape index (κ1) is 25.4. The second kappa shape index (κ2) is 15.9. The number of amides is 1. The van der Waals surface area contributed by atoms with Crippen molar-refractivity contribution in [2.45, 2.75) is 116 Å². The van der Waals surface area contributed by atoms with Gasteiger partial charge in [0.05, 0.1) is 0 Å². The third kappa shape index (κ3) is 9.89. The van der Waals surface area contributed by atoms with Crippen LogP contribution in [-0.2, 0) is 6.42 Å². The Labute approximate surface area is 191 Å². The molecule has 0 bridgehead atoms. The van der Waals surface area contributed by atoms with Crippen LogP contribution in [0, 0.1) is 0 Å². The number of primary amides is 1. The highest BCUT2D eigenvalue weighted by Gasteiger charge is 2.11. The maximum Gasteiger partial charge on any atom is 0.248 e. The first-order chi connectivity index (χ1) is 15.2. The minimum Gasteiger partial charge on any atom is -0.366 e. The summed E-state index contributed by atoms with van der Waals surface area (Å²) in [6, 6.07) is 12.2. The highest BCUT2D eigenvalue weighted by atomic mass is 16.1. The molecule has 1 amide bonds. The van der Waals surface area contributed by atoms with E-state index in [4.69, 9.17) is 5.73 Å². The summed E-state index contributed by atoms with van der Waals surface area (Å²) >= 11 is 0. The van der Waals surface area contributed by atoms with Gasteiger partial charge in [0.15, 0.2) is 0 Å². The van der Waals surface area contributed by atoms with Crippen molar-refractivity contribution >= 4 is 16.7 Å². The summed E-state index contributed by atoms with van der Waals surface area (Å²) in [7, 11) is 0. The van der Waals surface area contributed by atoms with E-state index in [9.17, 15) is 4.79 Å². The van der Waals surface area contributed by atoms with E-state index >= 15 is 0 Å². The second-order valence-corrected chi connectivity index (χ2v) is 9.23. The minimum atomic E-state index is -0.308. The smallest absolute Gasteiger partial charge is 0.248 e. The third-order valence-corrected chi connectivity index (χ3v) is 6.59. The van der Waals surface area contributed by atoms with Gasteiger partial charge in [-0.15, -0.1) is 0 Å². The number of hydrogen-bond donors (Lipinski definition) is 1. The molecule has 31 heavy (non-hydrogen) atoms. The molecule has 0 heterocycles. The number of nitrogens with two attached hydrogens (primary N) is 1. The highest BCUT2D eigenvalue weighted by Crippen LogP contribution is 2.25. The number of carbonyl (C=O) groups excluding carboxylic acids is 1. The van der Waals surface area contributed by atoms with Gasteiger partial charge in [-0.1, -0.05) is 134 Å². The van der Waals surface area contributed by atoms with Crippen molar-refractivity contribution in [1.82, 2.24) is 0 Å². The number of unbranched alkanes of at least 4 members (excludes halogenated alkanes) is 15. The lowest BCUT2D eigenvalue weighted by Gasteiger charge is -2.11. The van der Waals surface area contributed by atoms with Crippen LogP contribution < -0.4 is 5.73 Å². The van der Waals surface area contributed by atoms with Crippen molar-refractivity contribution in [2.75, 3.05) is 0 Å². The molecule has 172 valence electrons. The van der Waals surface area contributed by atoms with Gasteiger partial charge in [0.25, 0.3) is 0 Å². The van der Waals surface area contributed by atoms with Gasteiger partial charge in [0.1, 0.15) is 0 Å². The van der Waals surface area contributed by atoms with E-state index in [0.29, 0.717) is 5.56 Å². The molecular weight excluding hydrogens is 378 g/mol. The van der Waals surface area contributed by atoms with Crippen LogP contribution in [0.1, 0.15) is 126 Å². The van der Waals surface area contributed by atoms with Crippen LogP contribution in [0.25, 0.3) is 10.8 Å². The summed E-state index contributed by atoms with van der Waals surface area (Å²) in [6.07, 6.45) is 22.9. The first-order valence-electron chi connectivity index (χ1n) is 13.0. The molecular formula is C29H45NO. The summed E-state index contributed by atoms with van der Waals surface area (Å²) in [6.45, 7) is 2.29. The average molecular weight is 424 g/mol. The summed E-state index contributed by atoms with van der Waals surface area (Å²) < 4.78 is 0. The average Bonchev–Trinajstić information content (AvgIpc) is 2.78. The largest absolute Gasteiger partial charge is 0.366 e. The molecule has 0 saturated heterocycles. The monoisotopic (exact) mass is 423 g/mol. The highest BCUT2D eigenvalue weighted by molar-refractivity contribution is 6.00. The van der Waals surface area contributed by atoms with Gasteiger partial charge in [-0.2, -0.15) is 0 Å². The Kier molecular flexibility index (Phi) is 13.0. The molecule has 2 heteroatoms. The standard InChI is InChI=1S/C29H45NO/c1-2-3-4-5-6-7-8-9-10-11-12-13-14-15-16-17-22-27-26-21-19-18-20-25(26)23-24-28(27)29(30)31/h18-21,23-24H,2-17,22H2,1H3,(H2,30,31). The molecule has 0 aliphatic carbocycles. The van der Waals surface area contributed by atoms with Crippen LogP contribution in [0.3, 0.4) is 0 Å². The van der Waals surface area contributed by atoms with E-state index in [1.807, 2.05) is 24.3 Å². The van der Waals surface area contributed by atoms with Gasteiger partial charge in [0.2, 0.25) is 5.91 Å². The van der Waals surface area contributed by atoms with Crippen molar-refractivity contribution in [3.8, 4) is 0 Å². The Balaban J connectivity index is 1.51. The number of carbonyl (C=O) groups is 1. The van der Waals surface area contributed by atoms with Crippen LogP contribution in [0.15, 0.2) is 36.4 Å². The zero-order valence-corrected chi connectivity index (χ0v) is 20.0. The summed E-state index contributed by atoms with van der Waals surface area (Å²) in [5.74, 6) is -0.308. The van der Waals surface area contributed by atoms with E-state index in [1.54, 1.807) is 0 Å². The maximum absolute atomic E-state index is 11.9. The zero-order chi connectivity index (χ0) is 22.2. The topological polar surface area (TPSA) is 43.1 Å². The van der Waals surface area contributed by atoms with Gasteiger partial charge >= 0.3 is 0 Å². The fourth-order valence-corrected chi connectivity index (χ4v) is 4.69. The normalized spacial score (nSPS) is 11.3. The molecule has 2 aromatic rings. The van der Waals surface area contributed by atoms with Crippen LogP contribution in [0.5, 0.6) is 0 Å². The molecule has 2 rings (SSSR count).